The Morgan fingerprint density at radius 3 is 2.85 bits per heavy atom. The molecule has 0 spiro atoms. The van der Waals surface area contributed by atoms with Crippen LogP contribution in [-0.2, 0) is 11.3 Å². The fraction of sp³-hybridized carbons (Fsp3) is 0.222. The van der Waals surface area contributed by atoms with Crippen LogP contribution in [-0.4, -0.2) is 27.2 Å². The van der Waals surface area contributed by atoms with Crippen molar-refractivity contribution in [2.24, 2.45) is 0 Å². The van der Waals surface area contributed by atoms with Gasteiger partial charge in [0.15, 0.2) is 0 Å². The molecule has 8 heteroatoms. The van der Waals surface area contributed by atoms with Gasteiger partial charge in [0.2, 0.25) is 5.91 Å². The van der Waals surface area contributed by atoms with E-state index in [1.165, 1.54) is 22.1 Å². The molecule has 0 bridgehead atoms. The van der Waals surface area contributed by atoms with Crippen LogP contribution in [0.1, 0.15) is 12.6 Å². The maximum atomic E-state index is 12.0. The van der Waals surface area contributed by atoms with Gasteiger partial charge < -0.3 is 5.32 Å². The average Bonchev–Trinajstić information content (AvgIpc) is 2.99. The smallest absolute Gasteiger partial charge is 0.267 e. The summed E-state index contributed by atoms with van der Waals surface area (Å²) >= 11 is 7.53. The summed E-state index contributed by atoms with van der Waals surface area (Å²) in [6.45, 7) is 4.10. The molecule has 2 aromatic heterocycles. The van der Waals surface area contributed by atoms with Gasteiger partial charge in [-0.3, -0.25) is 9.59 Å². The quantitative estimate of drug-likeness (QED) is 0.728. The Morgan fingerprint density at radius 2 is 2.12 bits per heavy atom. The van der Waals surface area contributed by atoms with Crippen molar-refractivity contribution in [3.63, 3.8) is 0 Å². The Kier molecular flexibility index (Phi) is 5.49. The van der Waals surface area contributed by atoms with Gasteiger partial charge in [-0.15, -0.1) is 11.3 Å². The number of benzene rings is 1. The van der Waals surface area contributed by atoms with Crippen LogP contribution >= 0.6 is 22.9 Å². The highest BCUT2D eigenvalue weighted by atomic mass is 35.5. The van der Waals surface area contributed by atoms with E-state index in [4.69, 9.17) is 11.6 Å². The van der Waals surface area contributed by atoms with Gasteiger partial charge in [0.05, 0.1) is 10.6 Å². The van der Waals surface area contributed by atoms with Crippen molar-refractivity contribution < 1.29 is 4.79 Å². The largest absolute Gasteiger partial charge is 0.355 e. The minimum absolute atomic E-state index is 0.112. The molecule has 1 amide bonds. The van der Waals surface area contributed by atoms with E-state index < -0.39 is 0 Å². The van der Waals surface area contributed by atoms with Crippen molar-refractivity contribution in [2.75, 3.05) is 6.54 Å². The zero-order valence-corrected chi connectivity index (χ0v) is 15.9. The third-order valence-electron chi connectivity index (χ3n) is 3.63. The Balaban J connectivity index is 1.97. The Morgan fingerprint density at radius 1 is 1.31 bits per heavy atom. The Hall–Kier alpha value is -2.51. The highest BCUT2D eigenvalue weighted by molar-refractivity contribution is 7.18. The molecule has 0 aliphatic carbocycles. The van der Waals surface area contributed by atoms with Crippen molar-refractivity contribution in [3.05, 3.63) is 57.5 Å². The number of carbonyl (C=O) groups excluding carboxylic acids is 1. The minimum Gasteiger partial charge on any atom is -0.355 e. The van der Waals surface area contributed by atoms with E-state index in [0.29, 0.717) is 17.3 Å². The molecule has 0 radical (unpaired) electrons. The topological polar surface area (TPSA) is 76.9 Å². The number of halogens is 1. The SMILES string of the molecule is CCNC(=O)Cn1nc(-c2sc(-c3cccc(Cl)c3)nc2C)ccc1=O. The summed E-state index contributed by atoms with van der Waals surface area (Å²) in [5.41, 5.74) is 2.02. The van der Waals surface area contributed by atoms with Gasteiger partial charge in [0.1, 0.15) is 17.2 Å². The molecular formula is C18H17ClN4O2S. The summed E-state index contributed by atoms with van der Waals surface area (Å²) in [7, 11) is 0. The lowest BCUT2D eigenvalue weighted by Gasteiger charge is -2.06. The highest BCUT2D eigenvalue weighted by Crippen LogP contribution is 2.34. The van der Waals surface area contributed by atoms with Crippen LogP contribution in [0.2, 0.25) is 5.02 Å². The molecule has 26 heavy (non-hydrogen) atoms. The van der Waals surface area contributed by atoms with E-state index in [1.54, 1.807) is 6.07 Å². The Labute approximate surface area is 159 Å². The van der Waals surface area contributed by atoms with Crippen molar-refractivity contribution in [1.82, 2.24) is 20.1 Å². The van der Waals surface area contributed by atoms with Gasteiger partial charge >= 0.3 is 0 Å². The van der Waals surface area contributed by atoms with E-state index in [2.05, 4.69) is 15.4 Å². The van der Waals surface area contributed by atoms with E-state index in [-0.39, 0.29) is 18.0 Å². The van der Waals surface area contributed by atoms with Crippen LogP contribution < -0.4 is 10.9 Å². The molecule has 0 fully saturated rings. The number of thiazole rings is 1. The second-order valence-corrected chi connectivity index (χ2v) is 7.05. The molecule has 1 aromatic carbocycles. The second kappa shape index (κ2) is 7.80. The fourth-order valence-electron chi connectivity index (χ4n) is 2.45. The van der Waals surface area contributed by atoms with Gasteiger partial charge in [-0.05, 0) is 32.0 Å². The molecule has 3 rings (SSSR count). The summed E-state index contributed by atoms with van der Waals surface area (Å²) in [6.07, 6.45) is 0. The summed E-state index contributed by atoms with van der Waals surface area (Å²) in [6, 6.07) is 10.5. The molecule has 0 saturated heterocycles. The van der Waals surface area contributed by atoms with Gasteiger partial charge in [-0.1, -0.05) is 23.7 Å². The van der Waals surface area contributed by atoms with Crippen LogP contribution in [0.3, 0.4) is 0 Å². The normalized spacial score (nSPS) is 10.7. The number of nitrogens with one attached hydrogen (secondary N) is 1. The van der Waals surface area contributed by atoms with Crippen LogP contribution in [0.25, 0.3) is 21.1 Å². The standard InChI is InChI=1S/C18H17ClN4O2S/c1-3-20-15(24)10-23-16(25)8-7-14(22-23)17-11(2)21-18(26-17)12-5-4-6-13(19)9-12/h4-9H,3,10H2,1-2H3,(H,20,24). The molecule has 0 saturated carbocycles. The number of nitrogens with zero attached hydrogens (tertiary/aromatic N) is 3. The zero-order valence-electron chi connectivity index (χ0n) is 14.3. The number of rotatable bonds is 5. The first-order valence-electron chi connectivity index (χ1n) is 8.06. The third kappa shape index (κ3) is 4.00. The summed E-state index contributed by atoms with van der Waals surface area (Å²) in [5.74, 6) is -0.250. The van der Waals surface area contributed by atoms with Crippen LogP contribution in [0.5, 0.6) is 0 Å². The number of aromatic nitrogens is 3. The minimum atomic E-state index is -0.322. The highest BCUT2D eigenvalue weighted by Gasteiger charge is 2.14. The first kappa shape index (κ1) is 18.3. The predicted molar refractivity (Wildman–Crippen MR) is 103 cm³/mol. The maximum Gasteiger partial charge on any atom is 0.267 e. The first-order chi connectivity index (χ1) is 12.5. The van der Waals surface area contributed by atoms with Crippen LogP contribution in [0, 0.1) is 6.92 Å². The predicted octanol–water partition coefficient (Wildman–Crippen LogP) is 3.13. The number of hydrogen-bond donors (Lipinski definition) is 1. The molecule has 3 aromatic rings. The van der Waals surface area contributed by atoms with Gasteiger partial charge in [0, 0.05) is 23.2 Å². The number of hydrogen-bond acceptors (Lipinski definition) is 5. The lowest BCUT2D eigenvalue weighted by Crippen LogP contribution is -2.33. The number of aryl methyl sites for hydroxylation is 1. The maximum absolute atomic E-state index is 12.0. The van der Waals surface area contributed by atoms with Crippen LogP contribution in [0.15, 0.2) is 41.2 Å². The molecule has 0 atom stereocenters. The van der Waals surface area contributed by atoms with E-state index in [1.807, 2.05) is 38.1 Å². The number of likely N-dealkylation sites (N-methyl/N-ethyl adjacent to an activating group) is 1. The Bertz CT molecular complexity index is 1010. The summed E-state index contributed by atoms with van der Waals surface area (Å²) < 4.78 is 1.17. The summed E-state index contributed by atoms with van der Waals surface area (Å²) in [5, 5.41) is 8.47. The van der Waals surface area contributed by atoms with E-state index in [0.717, 1.165) is 21.1 Å². The van der Waals surface area contributed by atoms with Crippen LogP contribution in [0.4, 0.5) is 0 Å². The lowest BCUT2D eigenvalue weighted by molar-refractivity contribution is -0.121. The van der Waals surface area contributed by atoms with Crippen molar-refractivity contribution in [1.29, 1.82) is 0 Å². The van der Waals surface area contributed by atoms with Crippen molar-refractivity contribution in [3.8, 4) is 21.1 Å². The van der Waals surface area contributed by atoms with Gasteiger partial charge in [0.25, 0.3) is 5.56 Å². The molecular weight excluding hydrogens is 372 g/mol. The summed E-state index contributed by atoms with van der Waals surface area (Å²) in [4.78, 5) is 29.2. The molecule has 0 aliphatic rings. The number of carbonyl (C=O) groups is 1. The molecule has 2 heterocycles. The first-order valence-corrected chi connectivity index (χ1v) is 9.26. The monoisotopic (exact) mass is 388 g/mol. The molecule has 0 aliphatic heterocycles. The van der Waals surface area contributed by atoms with Gasteiger partial charge in [-0.25, -0.2) is 9.67 Å². The van der Waals surface area contributed by atoms with Gasteiger partial charge in [-0.2, -0.15) is 5.10 Å². The zero-order chi connectivity index (χ0) is 18.7. The second-order valence-electron chi connectivity index (χ2n) is 5.61. The molecule has 1 N–H and O–H groups in total. The average molecular weight is 389 g/mol. The molecule has 134 valence electrons. The third-order valence-corrected chi connectivity index (χ3v) is 5.10. The molecule has 6 nitrogen and oxygen atoms in total. The van der Waals surface area contributed by atoms with E-state index >= 15 is 0 Å². The van der Waals surface area contributed by atoms with E-state index in [9.17, 15) is 9.59 Å². The lowest BCUT2D eigenvalue weighted by atomic mass is 10.2. The molecule has 0 unspecified atom stereocenters. The fourth-order valence-corrected chi connectivity index (χ4v) is 3.67. The van der Waals surface area contributed by atoms with Crippen molar-refractivity contribution >= 4 is 28.8 Å². The number of amides is 1. The van der Waals surface area contributed by atoms with Crippen molar-refractivity contribution in [2.45, 2.75) is 20.4 Å².